The molecule has 0 aliphatic rings. The van der Waals surface area contributed by atoms with Crippen molar-refractivity contribution in [3.05, 3.63) is 54.7 Å². The van der Waals surface area contributed by atoms with Crippen LogP contribution in [-0.2, 0) is 12.8 Å². The van der Waals surface area contributed by atoms with E-state index < -0.39 is 0 Å². The third-order valence-electron chi connectivity index (χ3n) is 11.5. The van der Waals surface area contributed by atoms with Crippen molar-refractivity contribution in [3.63, 3.8) is 0 Å². The van der Waals surface area contributed by atoms with Crippen molar-refractivity contribution < 1.29 is 0 Å². The van der Waals surface area contributed by atoms with Gasteiger partial charge in [0.05, 0.1) is 0 Å². The van der Waals surface area contributed by atoms with E-state index in [1.54, 1.807) is 22.7 Å². The van der Waals surface area contributed by atoms with E-state index in [9.17, 15) is 9.59 Å². The second-order valence-corrected chi connectivity index (χ2v) is 19.9. The number of fused-ring (bicyclic) bond motifs is 8. The van der Waals surface area contributed by atoms with Gasteiger partial charge in [-0.25, -0.2) is 0 Å². The van der Waals surface area contributed by atoms with Gasteiger partial charge in [0.2, 0.25) is 0 Å². The Kier molecular flexibility index (Phi) is 11.8. The summed E-state index contributed by atoms with van der Waals surface area (Å²) in [6.07, 6.45) is 28.7. The molecule has 0 aliphatic carbocycles. The van der Waals surface area contributed by atoms with Crippen LogP contribution in [0.3, 0.4) is 0 Å². The molecule has 0 radical (unpaired) electrons. The second kappa shape index (κ2) is 16.9. The van der Waals surface area contributed by atoms with Crippen LogP contribution >= 0.6 is 22.7 Å². The van der Waals surface area contributed by atoms with E-state index in [1.165, 1.54) is 138 Å². The third kappa shape index (κ3) is 7.33. The van der Waals surface area contributed by atoms with Gasteiger partial charge >= 0.3 is 250 Å². The van der Waals surface area contributed by atoms with Crippen LogP contribution in [-0.4, -0.2) is 33.3 Å². The van der Waals surface area contributed by atoms with Crippen LogP contribution in [0.25, 0.3) is 62.1 Å². The van der Waals surface area contributed by atoms with Gasteiger partial charge in [-0.05, 0) is 0 Å². The van der Waals surface area contributed by atoms with Crippen molar-refractivity contribution in [2.45, 2.75) is 155 Å². The predicted molar refractivity (Wildman–Crippen MR) is 230 cm³/mol. The summed E-state index contributed by atoms with van der Waals surface area (Å²) in [6.45, 7) is 4.55. The van der Waals surface area contributed by atoms with E-state index in [-0.39, 0.29) is 25.6 Å². The number of hydrogen-bond donors (Lipinski definition) is 0. The van der Waals surface area contributed by atoms with E-state index in [1.807, 2.05) is 20.9 Å². The molecule has 7 aromatic heterocycles. The minimum absolute atomic E-state index is 0.0247. The Bertz CT molecular complexity index is 2400. The fraction of sp³-hybridized carbons (Fsp3) is 0.545. The number of aryl methyl sites for hydroxylation is 2. The number of thiophene rings is 2. The molecular formula is C44H54N4O2S2Se. The Morgan fingerprint density at radius 1 is 0.528 bits per heavy atom. The summed E-state index contributed by atoms with van der Waals surface area (Å²) in [4.78, 5) is 43.1. The average Bonchev–Trinajstić information content (AvgIpc) is 3.97. The molecule has 8 rings (SSSR count). The van der Waals surface area contributed by atoms with Gasteiger partial charge in [0.25, 0.3) is 0 Å². The van der Waals surface area contributed by atoms with E-state index in [4.69, 9.17) is 9.97 Å². The van der Waals surface area contributed by atoms with Gasteiger partial charge in [-0.3, -0.25) is 0 Å². The van der Waals surface area contributed by atoms with Crippen LogP contribution in [0.15, 0.2) is 33.9 Å². The zero-order valence-electron chi connectivity index (χ0n) is 31.7. The number of hydrogen-bond acceptors (Lipinski definition) is 6. The summed E-state index contributed by atoms with van der Waals surface area (Å²) < 4.78 is 5.97. The van der Waals surface area contributed by atoms with Crippen LogP contribution in [0.4, 0.5) is 0 Å². The summed E-state index contributed by atoms with van der Waals surface area (Å²) >= 11 is 3.36. The minimum atomic E-state index is -0.122. The van der Waals surface area contributed by atoms with Gasteiger partial charge < -0.3 is 0 Å². The van der Waals surface area contributed by atoms with Gasteiger partial charge in [-0.2, -0.15) is 0 Å². The Balaban J connectivity index is 1.00. The zero-order chi connectivity index (χ0) is 36.3. The topological polar surface area (TPSA) is 68.7 Å². The molecular weight excluding hydrogens is 760 g/mol. The molecule has 0 saturated heterocycles. The summed E-state index contributed by atoms with van der Waals surface area (Å²) in [6, 6.07) is 8.21. The fourth-order valence-corrected chi connectivity index (χ4v) is 13.4. The predicted octanol–water partition coefficient (Wildman–Crippen LogP) is 12.5. The van der Waals surface area contributed by atoms with Gasteiger partial charge in [-0.1, -0.05) is 78.1 Å². The first-order valence-electron chi connectivity index (χ1n) is 20.8. The molecule has 8 aromatic rings. The Labute approximate surface area is 326 Å². The molecule has 9 heteroatoms. The van der Waals surface area contributed by atoms with Crippen LogP contribution in [0.2, 0.25) is 0 Å². The van der Waals surface area contributed by atoms with Gasteiger partial charge in [0.1, 0.15) is 0 Å². The summed E-state index contributed by atoms with van der Waals surface area (Å²) in [7, 11) is 0. The van der Waals surface area contributed by atoms with Crippen molar-refractivity contribution in [3.8, 4) is 0 Å². The molecule has 0 N–H and O–H groups in total. The number of unbranched alkanes of at least 4 members (excludes halogenated alkanes) is 18. The number of aromatic nitrogens is 4. The van der Waals surface area contributed by atoms with E-state index in [2.05, 4.69) is 26.0 Å². The molecule has 280 valence electrons. The number of rotatable bonds is 22. The van der Waals surface area contributed by atoms with Crippen molar-refractivity contribution in [1.82, 2.24) is 18.8 Å². The molecule has 0 spiro atoms. The first kappa shape index (κ1) is 37.1. The summed E-state index contributed by atoms with van der Waals surface area (Å²) in [5.41, 5.74) is 3.37. The molecule has 53 heavy (non-hydrogen) atoms. The maximum absolute atomic E-state index is 14.2. The van der Waals surface area contributed by atoms with Crippen LogP contribution < -0.4 is 11.1 Å². The normalized spacial score (nSPS) is 12.6. The summed E-state index contributed by atoms with van der Waals surface area (Å²) in [5, 5.41) is 3.26. The molecule has 0 atom stereocenters. The molecule has 0 bridgehead atoms. The monoisotopic (exact) mass is 814 g/mol. The van der Waals surface area contributed by atoms with Crippen molar-refractivity contribution >= 4 is 99.2 Å². The third-order valence-corrected chi connectivity index (χ3v) is 16.1. The SMILES string of the molecule is CCCCCCCCCCCCc1cc2c(nc3c4[se]c5c6c(ccc(c(=O)n23)c46)c(=O)n2c3cc(CCCCCCCCCCCC)sc3nc52)s1. The van der Waals surface area contributed by atoms with Gasteiger partial charge in [-0.15, -0.1) is 0 Å². The molecule has 0 amide bonds. The average molecular weight is 814 g/mol. The Hall–Kier alpha value is -2.84. The Morgan fingerprint density at radius 3 is 1.26 bits per heavy atom. The zero-order valence-corrected chi connectivity index (χ0v) is 35.0. The van der Waals surface area contributed by atoms with Crippen LogP contribution in [0.1, 0.15) is 152 Å². The number of pyridine rings is 2. The first-order valence-corrected chi connectivity index (χ1v) is 24.2. The van der Waals surface area contributed by atoms with Crippen molar-refractivity contribution in [2.75, 3.05) is 0 Å². The maximum atomic E-state index is 14.2. The van der Waals surface area contributed by atoms with Crippen LogP contribution in [0, 0.1) is 0 Å². The van der Waals surface area contributed by atoms with Gasteiger partial charge in [0.15, 0.2) is 0 Å². The number of imidazole rings is 2. The van der Waals surface area contributed by atoms with E-state index in [0.717, 1.165) is 64.1 Å². The number of benzene rings is 1. The molecule has 1 aromatic carbocycles. The molecule has 7 heterocycles. The second-order valence-electron chi connectivity index (χ2n) is 15.5. The number of nitrogens with zero attached hydrogens (tertiary/aromatic N) is 4. The van der Waals surface area contributed by atoms with E-state index in [0.29, 0.717) is 10.8 Å². The molecule has 0 saturated carbocycles. The summed E-state index contributed by atoms with van der Waals surface area (Å²) in [5.74, 6) is 0. The molecule has 6 nitrogen and oxygen atoms in total. The molecule has 0 aliphatic heterocycles. The molecule has 0 unspecified atom stereocenters. The Morgan fingerprint density at radius 2 is 0.887 bits per heavy atom. The molecule has 0 fully saturated rings. The van der Waals surface area contributed by atoms with Gasteiger partial charge in [0, 0.05) is 0 Å². The standard InChI is InChI=1S/C44H54N4O2S2Se/c1-3-5-7-9-11-13-15-17-19-21-23-29-27-33-41(51-29)45-39-37-35-31(43(49)47(33)39)25-26-32-36(35)38(53-37)40-46-42-34(48(40)44(32)50)28-30(52-42)24-22-20-18-16-14-12-10-8-6-4-2/h25-28H,3-24H2,1-2H3. The first-order chi connectivity index (χ1) is 26.1. The fourth-order valence-electron chi connectivity index (χ4n) is 8.57. The van der Waals surface area contributed by atoms with Crippen molar-refractivity contribution in [2.24, 2.45) is 0 Å². The van der Waals surface area contributed by atoms with E-state index >= 15 is 0 Å². The van der Waals surface area contributed by atoms with Crippen LogP contribution in [0.5, 0.6) is 0 Å². The quantitative estimate of drug-likeness (QED) is 0.0388. The van der Waals surface area contributed by atoms with Crippen molar-refractivity contribution in [1.29, 1.82) is 0 Å².